The zero-order valence-electron chi connectivity index (χ0n) is 19.8. The number of carbonyl (C=O) groups is 3. The van der Waals surface area contributed by atoms with Crippen LogP contribution in [0.5, 0.6) is 0 Å². The molecule has 1 aliphatic rings. The third-order valence-corrected chi connectivity index (χ3v) is 8.03. The molecule has 0 spiro atoms. The maximum Gasteiger partial charge on any atom is 0.315 e. The smallest absolute Gasteiger partial charge is 0.315 e. The number of hydrogen-bond acceptors (Lipinski definition) is 3. The predicted octanol–water partition coefficient (Wildman–Crippen LogP) is 8.05. The number of halogens is 10. The van der Waals surface area contributed by atoms with Gasteiger partial charge in [0.25, 0.3) is 11.8 Å². The van der Waals surface area contributed by atoms with Gasteiger partial charge in [-0.2, -0.15) is 8.78 Å². The first kappa shape index (κ1) is 31.1. The summed E-state index contributed by atoms with van der Waals surface area (Å²) in [5.74, 6) is -9.85. The van der Waals surface area contributed by atoms with Crippen molar-refractivity contribution in [2.75, 3.05) is 16.0 Å². The van der Waals surface area contributed by atoms with Crippen molar-refractivity contribution in [2.24, 2.45) is 5.92 Å². The zero-order chi connectivity index (χ0) is 30.4. The number of amides is 3. The molecule has 6 nitrogen and oxygen atoms in total. The molecule has 3 aromatic rings. The second-order valence-electron chi connectivity index (χ2n) is 8.64. The molecule has 3 aromatic carbocycles. The molecule has 0 saturated heterocycles. The molecule has 3 N–H and O–H groups in total. The Bertz CT molecular complexity index is 1590. The fourth-order valence-corrected chi connectivity index (χ4v) is 5.28. The lowest BCUT2D eigenvalue weighted by Crippen LogP contribution is -2.22. The lowest BCUT2D eigenvalue weighted by atomic mass is 10.1. The van der Waals surface area contributed by atoms with Gasteiger partial charge >= 0.3 is 6.43 Å². The molecule has 3 amide bonds. The molecule has 4 rings (SSSR count). The fourth-order valence-electron chi connectivity index (χ4n) is 3.95. The SMILES string of the molecule is O=C(Nc1ccc(F)c(NC(=O)C(F)F)c1F)c1cc(NC(=O)[C@H]2[C@H](c3ccc(Cl)c(Cl)c3)C2(Cl)Cl)cc(F)c1Cl. The third kappa shape index (κ3) is 6.34. The summed E-state index contributed by atoms with van der Waals surface area (Å²) in [5, 5.41) is 5.48. The van der Waals surface area contributed by atoms with E-state index in [0.717, 1.165) is 18.2 Å². The summed E-state index contributed by atoms with van der Waals surface area (Å²) in [6.45, 7) is 0. The maximum atomic E-state index is 14.7. The predicted molar refractivity (Wildman–Crippen MR) is 146 cm³/mol. The Labute approximate surface area is 253 Å². The highest BCUT2D eigenvalue weighted by Gasteiger charge is 2.67. The molecule has 0 aliphatic heterocycles. The largest absolute Gasteiger partial charge is 0.326 e. The average Bonchev–Trinajstić information content (AvgIpc) is 3.48. The summed E-state index contributed by atoms with van der Waals surface area (Å²) in [6.07, 6.45) is -3.58. The van der Waals surface area contributed by atoms with E-state index in [1.165, 1.54) is 17.4 Å². The maximum absolute atomic E-state index is 14.7. The minimum absolute atomic E-state index is 0.205. The van der Waals surface area contributed by atoms with Crippen LogP contribution < -0.4 is 16.0 Å². The van der Waals surface area contributed by atoms with E-state index in [4.69, 9.17) is 58.0 Å². The lowest BCUT2D eigenvalue weighted by molar-refractivity contribution is -0.126. The highest BCUT2D eigenvalue weighted by molar-refractivity contribution is 6.53. The first-order valence-electron chi connectivity index (χ1n) is 11.1. The van der Waals surface area contributed by atoms with Gasteiger partial charge in [0.2, 0.25) is 5.91 Å². The van der Waals surface area contributed by atoms with Gasteiger partial charge in [0.05, 0.1) is 32.2 Å². The monoisotopic (exact) mass is 673 g/mol. The van der Waals surface area contributed by atoms with E-state index in [-0.39, 0.29) is 15.7 Å². The van der Waals surface area contributed by atoms with E-state index in [1.54, 1.807) is 6.07 Å². The highest BCUT2D eigenvalue weighted by Crippen LogP contribution is 2.65. The Kier molecular flexibility index (Phi) is 8.96. The molecule has 0 heterocycles. The number of hydrogen-bond donors (Lipinski definition) is 3. The van der Waals surface area contributed by atoms with E-state index in [9.17, 15) is 36.3 Å². The Morgan fingerprint density at radius 1 is 0.829 bits per heavy atom. The van der Waals surface area contributed by atoms with Gasteiger partial charge in [-0.25, -0.2) is 13.2 Å². The normalized spacial score (nSPS) is 17.2. The van der Waals surface area contributed by atoms with Crippen molar-refractivity contribution in [3.8, 4) is 0 Å². The lowest BCUT2D eigenvalue weighted by Gasteiger charge is -2.14. The Morgan fingerprint density at radius 2 is 1.51 bits per heavy atom. The van der Waals surface area contributed by atoms with Crippen molar-refractivity contribution in [3.05, 3.63) is 86.1 Å². The highest BCUT2D eigenvalue weighted by atomic mass is 35.5. The molecule has 41 heavy (non-hydrogen) atoms. The van der Waals surface area contributed by atoms with Gasteiger partial charge in [0.15, 0.2) is 5.82 Å². The number of nitrogens with one attached hydrogen (secondary N) is 3. The van der Waals surface area contributed by atoms with E-state index < -0.39 is 79.7 Å². The Balaban J connectivity index is 1.55. The van der Waals surface area contributed by atoms with Crippen LogP contribution >= 0.6 is 58.0 Å². The second kappa shape index (κ2) is 11.8. The molecule has 0 unspecified atom stereocenters. The van der Waals surface area contributed by atoms with E-state index in [0.29, 0.717) is 11.6 Å². The van der Waals surface area contributed by atoms with Crippen molar-refractivity contribution < 1.29 is 36.3 Å². The summed E-state index contributed by atoms with van der Waals surface area (Å²) in [4.78, 5) is 37.0. The zero-order valence-corrected chi connectivity index (χ0v) is 23.6. The summed E-state index contributed by atoms with van der Waals surface area (Å²) in [6, 6.07) is 7.64. The molecule has 0 radical (unpaired) electrons. The van der Waals surface area contributed by atoms with Crippen LogP contribution in [0.25, 0.3) is 0 Å². The van der Waals surface area contributed by atoms with Crippen LogP contribution in [-0.2, 0) is 9.59 Å². The summed E-state index contributed by atoms with van der Waals surface area (Å²) in [7, 11) is 0. The minimum atomic E-state index is -3.58. The summed E-state index contributed by atoms with van der Waals surface area (Å²) in [5.41, 5.74) is -2.35. The number of alkyl halides is 4. The minimum Gasteiger partial charge on any atom is -0.326 e. The van der Waals surface area contributed by atoms with Gasteiger partial charge in [-0.15, -0.1) is 23.2 Å². The van der Waals surface area contributed by atoms with Crippen LogP contribution in [0.4, 0.5) is 39.0 Å². The molecular weight excluding hydrogens is 663 g/mol. The Morgan fingerprint density at radius 3 is 2.15 bits per heavy atom. The molecule has 1 aliphatic carbocycles. The Hall–Kier alpha value is -2.83. The van der Waals surface area contributed by atoms with Crippen molar-refractivity contribution in [1.82, 2.24) is 0 Å². The van der Waals surface area contributed by atoms with Crippen LogP contribution in [-0.4, -0.2) is 28.5 Å². The number of anilines is 3. The standard InChI is InChI=1S/C25H13Cl5F5N3O3/c26-11-2-1-8(5-12(11)27)16-17(25(16,29)30)23(40)36-9-6-10(18(28)14(32)7-9)22(39)37-15-4-3-13(31)20(19(15)33)38-24(41)21(34)35/h1-7,16-17,21H,(H,36,40)(H,37,39)(H,38,41)/t16-,17+/m0/s1. The van der Waals surface area contributed by atoms with Crippen molar-refractivity contribution in [2.45, 2.75) is 16.7 Å². The molecule has 0 aromatic heterocycles. The van der Waals surface area contributed by atoms with E-state index >= 15 is 0 Å². The van der Waals surface area contributed by atoms with Crippen molar-refractivity contribution in [1.29, 1.82) is 0 Å². The van der Waals surface area contributed by atoms with Gasteiger partial charge in [0.1, 0.15) is 21.7 Å². The number of rotatable bonds is 7. The van der Waals surface area contributed by atoms with Crippen LogP contribution in [0.15, 0.2) is 42.5 Å². The third-order valence-electron chi connectivity index (χ3n) is 5.96. The van der Waals surface area contributed by atoms with Crippen molar-refractivity contribution >= 4 is 92.8 Å². The van der Waals surface area contributed by atoms with Gasteiger partial charge < -0.3 is 16.0 Å². The number of benzene rings is 3. The molecule has 216 valence electrons. The molecular formula is C25H13Cl5F5N3O3. The van der Waals surface area contributed by atoms with Crippen LogP contribution in [0.1, 0.15) is 21.8 Å². The first-order valence-corrected chi connectivity index (χ1v) is 13.0. The van der Waals surface area contributed by atoms with E-state index in [2.05, 4.69) is 5.32 Å². The average molecular weight is 676 g/mol. The van der Waals surface area contributed by atoms with Crippen LogP contribution in [0, 0.1) is 23.4 Å². The number of carbonyl (C=O) groups excluding carboxylic acids is 3. The molecule has 0 bridgehead atoms. The molecule has 1 saturated carbocycles. The van der Waals surface area contributed by atoms with Gasteiger partial charge in [-0.1, -0.05) is 40.9 Å². The van der Waals surface area contributed by atoms with Gasteiger partial charge in [0, 0.05) is 11.6 Å². The van der Waals surface area contributed by atoms with Gasteiger partial charge in [-0.05, 0) is 42.0 Å². The van der Waals surface area contributed by atoms with E-state index in [1.807, 2.05) is 5.32 Å². The first-order chi connectivity index (χ1) is 19.1. The van der Waals surface area contributed by atoms with Gasteiger partial charge in [-0.3, -0.25) is 14.4 Å². The quantitative estimate of drug-likeness (QED) is 0.175. The summed E-state index contributed by atoms with van der Waals surface area (Å²) < 4.78 is 66.8. The van der Waals surface area contributed by atoms with Crippen LogP contribution in [0.3, 0.4) is 0 Å². The van der Waals surface area contributed by atoms with Crippen molar-refractivity contribution in [3.63, 3.8) is 0 Å². The molecule has 16 heteroatoms. The topological polar surface area (TPSA) is 87.3 Å². The summed E-state index contributed by atoms with van der Waals surface area (Å²) >= 11 is 30.5. The molecule has 2 atom stereocenters. The second-order valence-corrected chi connectivity index (χ2v) is 11.3. The van der Waals surface area contributed by atoms with Crippen LogP contribution in [0.2, 0.25) is 15.1 Å². The fraction of sp³-hybridized carbons (Fsp3) is 0.160. The molecule has 1 fully saturated rings.